The summed E-state index contributed by atoms with van der Waals surface area (Å²) in [6.45, 7) is 19.0. The largest absolute Gasteiger partial charge is 0.444 e. The fraction of sp³-hybridized carbons (Fsp3) is 0.593. The lowest BCUT2D eigenvalue weighted by molar-refractivity contribution is -0.142. The number of alkyl carbamates (subject to hydrolysis) is 1. The molecule has 1 rings (SSSR count). The number of hydrogen-bond acceptors (Lipinski definition) is 4. The lowest BCUT2D eigenvalue weighted by atomic mass is 9.98. The molecule has 0 radical (unpaired) electrons. The van der Waals surface area contributed by atoms with Crippen molar-refractivity contribution in [1.29, 1.82) is 0 Å². The maximum atomic E-state index is 13.8. The van der Waals surface area contributed by atoms with Crippen LogP contribution >= 0.6 is 0 Å². The van der Waals surface area contributed by atoms with Crippen LogP contribution in [-0.4, -0.2) is 47.0 Å². The Labute approximate surface area is 205 Å². The van der Waals surface area contributed by atoms with Gasteiger partial charge in [-0.25, -0.2) is 4.79 Å². The molecule has 0 fully saturated rings. The molecule has 0 saturated heterocycles. The van der Waals surface area contributed by atoms with Crippen LogP contribution in [0, 0.1) is 5.92 Å². The molecular weight excluding hydrogens is 430 g/mol. The molecule has 7 nitrogen and oxygen atoms in total. The fourth-order valence-corrected chi connectivity index (χ4v) is 3.58. The summed E-state index contributed by atoms with van der Waals surface area (Å²) in [6, 6.07) is 5.87. The number of ether oxygens (including phenoxy) is 1. The van der Waals surface area contributed by atoms with Crippen LogP contribution in [0.3, 0.4) is 0 Å². The van der Waals surface area contributed by atoms with Gasteiger partial charge in [-0.2, -0.15) is 0 Å². The second-order valence-corrected chi connectivity index (χ2v) is 10.3. The zero-order valence-corrected chi connectivity index (χ0v) is 22.1. The standard InChI is InChI=1S/C27H43N3O4/c1-10-16-30(25(32)22(17-18(3)4)29-26(33)34-27(7,8)9)23(24(31)28-19(5)6)21-14-12-20(11-2)13-15-21/h10,12-15,18-19,22-23H,1,11,16-17H2,2-9H3,(H,28,31)(H,29,33). The Balaban J connectivity index is 3.42. The SMILES string of the molecule is C=CCN(C(=O)C(CC(C)C)NC(=O)OC(C)(C)C)C(C(=O)NC(C)C)c1ccc(CC)cc1. The zero-order valence-electron chi connectivity index (χ0n) is 22.1. The van der Waals surface area contributed by atoms with Crippen LogP contribution in [0.2, 0.25) is 0 Å². The van der Waals surface area contributed by atoms with Crippen LogP contribution < -0.4 is 10.6 Å². The molecule has 1 aromatic carbocycles. The van der Waals surface area contributed by atoms with E-state index < -0.39 is 23.8 Å². The molecule has 0 aliphatic carbocycles. The molecule has 7 heteroatoms. The molecule has 34 heavy (non-hydrogen) atoms. The average molecular weight is 474 g/mol. The Morgan fingerprint density at radius 3 is 2.09 bits per heavy atom. The molecule has 0 spiro atoms. The number of nitrogens with zero attached hydrogens (tertiary/aromatic N) is 1. The molecule has 0 saturated carbocycles. The number of carbonyl (C=O) groups excluding carboxylic acids is 3. The van der Waals surface area contributed by atoms with E-state index >= 15 is 0 Å². The number of amides is 3. The van der Waals surface area contributed by atoms with Crippen molar-refractivity contribution in [3.63, 3.8) is 0 Å². The predicted molar refractivity (Wildman–Crippen MR) is 136 cm³/mol. The minimum absolute atomic E-state index is 0.100. The summed E-state index contributed by atoms with van der Waals surface area (Å²) >= 11 is 0. The molecule has 0 aliphatic heterocycles. The minimum Gasteiger partial charge on any atom is -0.444 e. The predicted octanol–water partition coefficient (Wildman–Crippen LogP) is 4.77. The summed E-state index contributed by atoms with van der Waals surface area (Å²) in [5, 5.41) is 5.67. The lowest BCUT2D eigenvalue weighted by Crippen LogP contribution is -2.53. The first-order chi connectivity index (χ1) is 15.8. The van der Waals surface area contributed by atoms with Crippen LogP contribution in [0.15, 0.2) is 36.9 Å². The fourth-order valence-electron chi connectivity index (χ4n) is 3.58. The van der Waals surface area contributed by atoms with E-state index in [0.717, 1.165) is 12.0 Å². The third-order valence-corrected chi connectivity index (χ3v) is 5.00. The second-order valence-electron chi connectivity index (χ2n) is 10.3. The molecule has 0 heterocycles. The van der Waals surface area contributed by atoms with Gasteiger partial charge < -0.3 is 20.3 Å². The molecule has 3 amide bonds. The van der Waals surface area contributed by atoms with Gasteiger partial charge in [0, 0.05) is 12.6 Å². The van der Waals surface area contributed by atoms with Crippen molar-refractivity contribution < 1.29 is 19.1 Å². The van der Waals surface area contributed by atoms with Crippen LogP contribution in [0.1, 0.15) is 79.0 Å². The van der Waals surface area contributed by atoms with Gasteiger partial charge >= 0.3 is 6.09 Å². The summed E-state index contributed by atoms with van der Waals surface area (Å²) in [7, 11) is 0. The van der Waals surface area contributed by atoms with E-state index in [1.165, 1.54) is 4.90 Å². The Hall–Kier alpha value is -2.83. The van der Waals surface area contributed by atoms with E-state index in [1.807, 2.05) is 52.0 Å². The van der Waals surface area contributed by atoms with Gasteiger partial charge in [0.15, 0.2) is 0 Å². The van der Waals surface area contributed by atoms with Gasteiger partial charge in [0.1, 0.15) is 17.7 Å². The number of nitrogens with one attached hydrogen (secondary N) is 2. The summed E-state index contributed by atoms with van der Waals surface area (Å²) in [4.78, 5) is 41.2. The van der Waals surface area contributed by atoms with Gasteiger partial charge in [0.25, 0.3) is 0 Å². The van der Waals surface area contributed by atoms with Crippen molar-refractivity contribution in [1.82, 2.24) is 15.5 Å². The van der Waals surface area contributed by atoms with E-state index in [-0.39, 0.29) is 30.3 Å². The summed E-state index contributed by atoms with van der Waals surface area (Å²) < 4.78 is 5.39. The van der Waals surface area contributed by atoms with Crippen LogP contribution in [0.25, 0.3) is 0 Å². The summed E-state index contributed by atoms with van der Waals surface area (Å²) in [5.41, 5.74) is 1.14. The van der Waals surface area contributed by atoms with Crippen LogP contribution in [0.5, 0.6) is 0 Å². The molecule has 190 valence electrons. The lowest BCUT2D eigenvalue weighted by Gasteiger charge is -2.34. The Morgan fingerprint density at radius 2 is 1.65 bits per heavy atom. The highest BCUT2D eigenvalue weighted by Gasteiger charge is 2.36. The van der Waals surface area contributed by atoms with E-state index in [9.17, 15) is 14.4 Å². The molecule has 0 aliphatic rings. The van der Waals surface area contributed by atoms with E-state index in [0.29, 0.717) is 12.0 Å². The Morgan fingerprint density at radius 1 is 1.06 bits per heavy atom. The van der Waals surface area contributed by atoms with E-state index in [4.69, 9.17) is 4.74 Å². The molecular formula is C27H43N3O4. The van der Waals surface area contributed by atoms with Gasteiger partial charge in [-0.1, -0.05) is 51.1 Å². The van der Waals surface area contributed by atoms with Gasteiger partial charge in [-0.3, -0.25) is 9.59 Å². The number of aryl methyl sites for hydroxylation is 1. The normalized spacial score (nSPS) is 13.2. The molecule has 1 aromatic rings. The third-order valence-electron chi connectivity index (χ3n) is 5.00. The minimum atomic E-state index is -0.867. The van der Waals surface area contributed by atoms with Crippen molar-refractivity contribution in [2.24, 2.45) is 5.92 Å². The molecule has 0 bridgehead atoms. The van der Waals surface area contributed by atoms with Crippen molar-refractivity contribution in [3.8, 4) is 0 Å². The number of hydrogen-bond donors (Lipinski definition) is 2. The highest BCUT2D eigenvalue weighted by Crippen LogP contribution is 2.25. The zero-order chi connectivity index (χ0) is 26.1. The van der Waals surface area contributed by atoms with Crippen molar-refractivity contribution in [3.05, 3.63) is 48.0 Å². The quantitative estimate of drug-likeness (QED) is 0.453. The van der Waals surface area contributed by atoms with Gasteiger partial charge in [-0.05, 0) is 64.5 Å². The first-order valence-corrected chi connectivity index (χ1v) is 12.1. The van der Waals surface area contributed by atoms with Crippen LogP contribution in [0.4, 0.5) is 4.79 Å². The first kappa shape index (κ1) is 29.2. The number of carbonyl (C=O) groups is 3. The highest BCUT2D eigenvalue weighted by molar-refractivity contribution is 5.92. The summed E-state index contributed by atoms with van der Waals surface area (Å²) in [6.07, 6.45) is 2.20. The maximum Gasteiger partial charge on any atom is 0.408 e. The third kappa shape index (κ3) is 9.57. The number of rotatable bonds is 11. The Kier molecular flexibility index (Phi) is 11.3. The average Bonchev–Trinajstić information content (AvgIpc) is 2.70. The molecule has 2 N–H and O–H groups in total. The van der Waals surface area contributed by atoms with Gasteiger partial charge in [0.05, 0.1) is 0 Å². The van der Waals surface area contributed by atoms with E-state index in [2.05, 4.69) is 24.1 Å². The molecule has 2 unspecified atom stereocenters. The van der Waals surface area contributed by atoms with Crippen LogP contribution in [-0.2, 0) is 20.7 Å². The van der Waals surface area contributed by atoms with Crippen molar-refractivity contribution in [2.75, 3.05) is 6.54 Å². The monoisotopic (exact) mass is 473 g/mol. The second kappa shape index (κ2) is 13.2. The van der Waals surface area contributed by atoms with E-state index in [1.54, 1.807) is 26.8 Å². The molecule has 2 atom stereocenters. The van der Waals surface area contributed by atoms with Gasteiger partial charge in [-0.15, -0.1) is 6.58 Å². The van der Waals surface area contributed by atoms with Crippen molar-refractivity contribution in [2.45, 2.75) is 92.0 Å². The number of benzene rings is 1. The van der Waals surface area contributed by atoms with Crippen molar-refractivity contribution >= 4 is 17.9 Å². The van der Waals surface area contributed by atoms with Gasteiger partial charge in [0.2, 0.25) is 11.8 Å². The topological polar surface area (TPSA) is 87.7 Å². The maximum absolute atomic E-state index is 13.8. The highest BCUT2D eigenvalue weighted by atomic mass is 16.6. The summed E-state index contributed by atoms with van der Waals surface area (Å²) in [5.74, 6) is -0.515. The molecule has 0 aromatic heterocycles. The smallest absolute Gasteiger partial charge is 0.408 e. The first-order valence-electron chi connectivity index (χ1n) is 12.1. The Bertz CT molecular complexity index is 825.